The molecule has 0 spiro atoms. The van der Waals surface area contributed by atoms with Crippen molar-refractivity contribution in [1.82, 2.24) is 9.97 Å². The second-order valence-electron chi connectivity index (χ2n) is 5.58. The summed E-state index contributed by atoms with van der Waals surface area (Å²) in [5.41, 5.74) is 0.564. The van der Waals surface area contributed by atoms with Gasteiger partial charge < -0.3 is 0 Å². The largest absolute Gasteiger partial charge is 0.416 e. The fraction of sp³-hybridized carbons (Fsp3) is 0.312. The van der Waals surface area contributed by atoms with E-state index < -0.39 is 11.7 Å². The van der Waals surface area contributed by atoms with Gasteiger partial charge in [0.1, 0.15) is 0 Å². The monoisotopic (exact) mass is 321 g/mol. The van der Waals surface area contributed by atoms with Gasteiger partial charge in [0.25, 0.3) is 0 Å². The van der Waals surface area contributed by atoms with Gasteiger partial charge in [0.05, 0.1) is 5.56 Å². The van der Waals surface area contributed by atoms with Gasteiger partial charge in [-0.1, -0.05) is 18.2 Å². The van der Waals surface area contributed by atoms with Crippen molar-refractivity contribution >= 4 is 11.9 Å². The number of carbonyl (C=O) groups is 1. The van der Waals surface area contributed by atoms with E-state index in [9.17, 15) is 18.0 Å². The van der Waals surface area contributed by atoms with E-state index >= 15 is 0 Å². The average Bonchev–Trinajstić information content (AvgIpc) is 3.27. The number of benzene rings is 1. The second-order valence-corrected chi connectivity index (χ2v) is 5.58. The van der Waals surface area contributed by atoms with Crippen LogP contribution in [0.25, 0.3) is 0 Å². The zero-order valence-corrected chi connectivity index (χ0v) is 12.3. The van der Waals surface area contributed by atoms with E-state index in [0.717, 1.165) is 17.8 Å². The van der Waals surface area contributed by atoms with Gasteiger partial charge in [-0.3, -0.25) is 10.1 Å². The molecule has 0 radical (unpaired) electrons. The van der Waals surface area contributed by atoms with Crippen molar-refractivity contribution in [2.24, 2.45) is 5.92 Å². The SMILES string of the molecule is Cc1ccnc(NC(=O)[C@@H]2C[C@@H]2c2cccc(C(F)(F)F)c2)n1. The summed E-state index contributed by atoms with van der Waals surface area (Å²) in [6.07, 6.45) is -2.31. The third-order valence-electron chi connectivity index (χ3n) is 3.80. The molecule has 0 aliphatic heterocycles. The highest BCUT2D eigenvalue weighted by molar-refractivity contribution is 5.93. The van der Waals surface area contributed by atoms with Gasteiger partial charge in [-0.2, -0.15) is 13.2 Å². The number of hydrogen-bond acceptors (Lipinski definition) is 3. The highest BCUT2D eigenvalue weighted by Gasteiger charge is 2.45. The highest BCUT2D eigenvalue weighted by Crippen LogP contribution is 2.48. The molecular formula is C16H14F3N3O. The van der Waals surface area contributed by atoms with Crippen LogP contribution in [-0.4, -0.2) is 15.9 Å². The third kappa shape index (κ3) is 3.49. The van der Waals surface area contributed by atoms with Crippen LogP contribution in [0.1, 0.15) is 29.2 Å². The smallest absolute Gasteiger partial charge is 0.294 e. The number of carbonyl (C=O) groups excluding carboxylic acids is 1. The van der Waals surface area contributed by atoms with E-state index in [-0.39, 0.29) is 23.7 Å². The fourth-order valence-electron chi connectivity index (χ4n) is 2.51. The lowest BCUT2D eigenvalue weighted by Crippen LogP contribution is -2.16. The van der Waals surface area contributed by atoms with Crippen molar-refractivity contribution in [3.8, 4) is 0 Å². The first-order chi connectivity index (χ1) is 10.8. The summed E-state index contributed by atoms with van der Waals surface area (Å²) in [7, 11) is 0. The van der Waals surface area contributed by atoms with Crippen LogP contribution >= 0.6 is 0 Å². The molecule has 4 nitrogen and oxygen atoms in total. The zero-order chi connectivity index (χ0) is 16.6. The van der Waals surface area contributed by atoms with E-state index in [2.05, 4.69) is 15.3 Å². The summed E-state index contributed by atoms with van der Waals surface area (Å²) < 4.78 is 38.2. The summed E-state index contributed by atoms with van der Waals surface area (Å²) in [5.74, 6) is -0.590. The standard InChI is InChI=1S/C16H14F3N3O/c1-9-5-6-20-15(21-9)22-14(23)13-8-12(13)10-3-2-4-11(7-10)16(17,18)19/h2-7,12-13H,8H2,1H3,(H,20,21,22,23)/t12-,13-/m1/s1. The Kier molecular flexibility index (Phi) is 3.79. The van der Waals surface area contributed by atoms with Crippen molar-refractivity contribution in [2.75, 3.05) is 5.32 Å². The Balaban J connectivity index is 1.68. The van der Waals surface area contributed by atoms with E-state index in [1.807, 2.05) is 0 Å². The molecule has 0 unspecified atom stereocenters. The molecule has 7 heteroatoms. The minimum Gasteiger partial charge on any atom is -0.294 e. The van der Waals surface area contributed by atoms with Crippen molar-refractivity contribution in [1.29, 1.82) is 0 Å². The maximum atomic E-state index is 12.7. The maximum absolute atomic E-state index is 12.7. The summed E-state index contributed by atoms with van der Waals surface area (Å²) in [6.45, 7) is 1.78. The molecule has 23 heavy (non-hydrogen) atoms. The molecule has 1 N–H and O–H groups in total. The molecule has 2 atom stereocenters. The van der Waals surface area contributed by atoms with Crippen molar-refractivity contribution in [3.63, 3.8) is 0 Å². The van der Waals surface area contributed by atoms with Gasteiger partial charge in [0, 0.05) is 17.8 Å². The van der Waals surface area contributed by atoms with E-state index in [0.29, 0.717) is 12.0 Å². The van der Waals surface area contributed by atoms with Gasteiger partial charge in [0.2, 0.25) is 11.9 Å². The minimum absolute atomic E-state index is 0.192. The molecule has 1 amide bonds. The highest BCUT2D eigenvalue weighted by atomic mass is 19.4. The van der Waals surface area contributed by atoms with E-state index in [1.54, 1.807) is 19.1 Å². The Morgan fingerprint density at radius 1 is 1.30 bits per heavy atom. The number of anilines is 1. The van der Waals surface area contributed by atoms with Crippen LogP contribution in [0.4, 0.5) is 19.1 Å². The predicted octanol–water partition coefficient (Wildman–Crippen LogP) is 3.55. The number of halogens is 3. The molecule has 1 aromatic heterocycles. The Morgan fingerprint density at radius 3 is 2.78 bits per heavy atom. The predicted molar refractivity (Wildman–Crippen MR) is 77.7 cm³/mol. The van der Waals surface area contributed by atoms with Crippen LogP contribution in [0.5, 0.6) is 0 Å². The summed E-state index contributed by atoms with van der Waals surface area (Å²) in [5, 5.41) is 2.61. The zero-order valence-electron chi connectivity index (χ0n) is 12.3. The number of rotatable bonds is 3. The number of alkyl halides is 3. The summed E-state index contributed by atoms with van der Waals surface area (Å²) >= 11 is 0. The van der Waals surface area contributed by atoms with Gasteiger partial charge in [-0.25, -0.2) is 9.97 Å². The van der Waals surface area contributed by atoms with Gasteiger partial charge >= 0.3 is 6.18 Å². The number of nitrogens with zero attached hydrogens (tertiary/aromatic N) is 2. The van der Waals surface area contributed by atoms with Gasteiger partial charge in [-0.05, 0) is 37.0 Å². The Bertz CT molecular complexity index is 745. The molecule has 1 fully saturated rings. The van der Waals surface area contributed by atoms with Crippen LogP contribution in [0.3, 0.4) is 0 Å². The lowest BCUT2D eigenvalue weighted by Gasteiger charge is -2.08. The number of aryl methyl sites for hydroxylation is 1. The lowest BCUT2D eigenvalue weighted by atomic mass is 10.1. The molecular weight excluding hydrogens is 307 g/mol. The van der Waals surface area contributed by atoms with Crippen LogP contribution in [0, 0.1) is 12.8 Å². The van der Waals surface area contributed by atoms with Crippen molar-refractivity contribution < 1.29 is 18.0 Å². The molecule has 120 valence electrons. The van der Waals surface area contributed by atoms with Crippen molar-refractivity contribution in [2.45, 2.75) is 25.4 Å². The molecule has 2 aromatic rings. The van der Waals surface area contributed by atoms with E-state index in [4.69, 9.17) is 0 Å². The number of amides is 1. The van der Waals surface area contributed by atoms with Crippen molar-refractivity contribution in [3.05, 3.63) is 53.3 Å². The first-order valence-corrected chi connectivity index (χ1v) is 7.12. The lowest BCUT2D eigenvalue weighted by molar-refractivity contribution is -0.137. The maximum Gasteiger partial charge on any atom is 0.416 e. The van der Waals surface area contributed by atoms with E-state index in [1.165, 1.54) is 12.3 Å². The van der Waals surface area contributed by atoms with Crippen LogP contribution < -0.4 is 5.32 Å². The Labute approximate surface area is 130 Å². The molecule has 1 aliphatic carbocycles. The van der Waals surface area contributed by atoms with Gasteiger partial charge in [0.15, 0.2) is 0 Å². The van der Waals surface area contributed by atoms with Crippen LogP contribution in [-0.2, 0) is 11.0 Å². The topological polar surface area (TPSA) is 54.9 Å². The molecule has 0 bridgehead atoms. The Morgan fingerprint density at radius 2 is 2.09 bits per heavy atom. The van der Waals surface area contributed by atoms with Crippen LogP contribution in [0.15, 0.2) is 36.5 Å². The van der Waals surface area contributed by atoms with Gasteiger partial charge in [-0.15, -0.1) is 0 Å². The number of nitrogens with one attached hydrogen (secondary N) is 1. The molecule has 1 heterocycles. The third-order valence-corrected chi connectivity index (χ3v) is 3.80. The molecule has 3 rings (SSSR count). The first-order valence-electron chi connectivity index (χ1n) is 7.12. The molecule has 1 aliphatic rings. The normalized spacial score (nSPS) is 20.2. The number of hydrogen-bond donors (Lipinski definition) is 1. The van der Waals surface area contributed by atoms with Crippen LogP contribution in [0.2, 0.25) is 0 Å². The summed E-state index contributed by atoms with van der Waals surface area (Å²) in [6, 6.07) is 6.84. The first kappa shape index (κ1) is 15.5. The molecule has 1 saturated carbocycles. The minimum atomic E-state index is -4.38. The Hall–Kier alpha value is -2.44. The number of aromatic nitrogens is 2. The summed E-state index contributed by atoms with van der Waals surface area (Å²) in [4.78, 5) is 20.2. The quantitative estimate of drug-likeness (QED) is 0.940. The average molecular weight is 321 g/mol. The second kappa shape index (κ2) is 5.64. The fourth-order valence-corrected chi connectivity index (χ4v) is 2.51. The molecule has 1 aromatic carbocycles. The molecule has 0 saturated heterocycles.